The normalized spacial score (nSPS) is 11.7. The molecular weight excluding hydrogens is 282 g/mol. The van der Waals surface area contributed by atoms with Gasteiger partial charge in [-0.2, -0.15) is 12.6 Å². The number of thiol groups is 1. The monoisotopic (exact) mass is 301 g/mol. The topological polar surface area (TPSA) is 38.3 Å². The van der Waals surface area contributed by atoms with E-state index >= 15 is 0 Å². The van der Waals surface area contributed by atoms with Crippen molar-refractivity contribution in [3.05, 3.63) is 71.3 Å². The molecule has 1 unspecified atom stereocenters. The minimum Gasteiger partial charge on any atom is -0.445 e. The van der Waals surface area contributed by atoms with Crippen molar-refractivity contribution in [1.29, 1.82) is 0 Å². The Kier molecular flexibility index (Phi) is 5.69. The van der Waals surface area contributed by atoms with E-state index in [0.717, 1.165) is 16.7 Å². The molecule has 4 heteroatoms. The molecule has 0 fully saturated rings. The summed E-state index contributed by atoms with van der Waals surface area (Å²) in [6.45, 7) is 2.27. The molecule has 0 spiro atoms. The minimum atomic E-state index is -0.451. The third-order valence-electron chi connectivity index (χ3n) is 3.01. The highest BCUT2D eigenvalue weighted by atomic mass is 32.1. The number of carbonyl (C=O) groups is 1. The van der Waals surface area contributed by atoms with Crippen molar-refractivity contribution < 1.29 is 9.53 Å². The maximum Gasteiger partial charge on any atom is 0.408 e. The first-order valence-corrected chi connectivity index (χ1v) is 7.36. The average molecular weight is 301 g/mol. The molecule has 0 aliphatic rings. The summed E-state index contributed by atoms with van der Waals surface area (Å²) in [5, 5.41) is 2.45. The highest BCUT2D eigenvalue weighted by molar-refractivity contribution is 7.80. The Balaban J connectivity index is 1.76. The molecule has 2 aromatic carbocycles. The molecule has 0 saturated heterocycles. The van der Waals surface area contributed by atoms with Crippen LogP contribution in [0.5, 0.6) is 0 Å². The van der Waals surface area contributed by atoms with Crippen LogP contribution in [0.25, 0.3) is 0 Å². The third kappa shape index (κ3) is 5.52. The second-order valence-electron chi connectivity index (χ2n) is 4.92. The number of hydrogen-bond donors (Lipinski definition) is 2. The van der Waals surface area contributed by atoms with Gasteiger partial charge in [-0.25, -0.2) is 4.79 Å². The first kappa shape index (κ1) is 15.4. The second-order valence-corrected chi connectivity index (χ2v) is 5.54. The number of carbonyl (C=O) groups excluding carboxylic acids is 1. The summed E-state index contributed by atoms with van der Waals surface area (Å²) in [5.41, 5.74) is 3.24. The largest absolute Gasteiger partial charge is 0.445 e. The molecule has 0 aliphatic carbocycles. The minimum absolute atomic E-state index is 0.263. The summed E-state index contributed by atoms with van der Waals surface area (Å²) in [6.07, 6.45) is 0.205. The number of alkyl carbamates (subject to hydrolysis) is 1. The fourth-order valence-electron chi connectivity index (χ4n) is 2.02. The van der Waals surface area contributed by atoms with E-state index in [-0.39, 0.29) is 12.0 Å². The van der Waals surface area contributed by atoms with Crippen LogP contribution in [0.3, 0.4) is 0 Å². The molecule has 110 valence electrons. The van der Waals surface area contributed by atoms with Crippen LogP contribution in [0, 0.1) is 6.92 Å². The zero-order valence-electron chi connectivity index (χ0n) is 12.0. The zero-order chi connectivity index (χ0) is 15.1. The molecule has 0 aromatic heterocycles. The van der Waals surface area contributed by atoms with E-state index in [4.69, 9.17) is 4.74 Å². The van der Waals surface area contributed by atoms with Crippen molar-refractivity contribution in [2.24, 2.45) is 0 Å². The molecular formula is C17H19NO2S. The molecule has 0 radical (unpaired) electrons. The summed E-state index contributed by atoms with van der Waals surface area (Å²) in [4.78, 5) is 11.7. The van der Waals surface area contributed by atoms with E-state index in [9.17, 15) is 4.79 Å². The summed E-state index contributed by atoms with van der Waals surface area (Å²) in [6, 6.07) is 17.8. The van der Waals surface area contributed by atoms with Crippen LogP contribution in [-0.4, -0.2) is 11.5 Å². The van der Waals surface area contributed by atoms with Gasteiger partial charge >= 0.3 is 6.09 Å². The summed E-state index contributed by atoms with van der Waals surface area (Å²) >= 11 is 4.37. The zero-order valence-corrected chi connectivity index (χ0v) is 12.8. The van der Waals surface area contributed by atoms with Gasteiger partial charge in [0.15, 0.2) is 0 Å². The van der Waals surface area contributed by atoms with Gasteiger partial charge in [0.25, 0.3) is 0 Å². The number of hydrogen-bond acceptors (Lipinski definition) is 3. The van der Waals surface area contributed by atoms with E-state index in [2.05, 4.69) is 17.9 Å². The van der Waals surface area contributed by atoms with Crippen LogP contribution in [0.4, 0.5) is 4.79 Å². The number of amides is 1. The Labute approximate surface area is 130 Å². The number of benzene rings is 2. The summed E-state index contributed by atoms with van der Waals surface area (Å²) in [5.74, 6) is 0. The number of aryl methyl sites for hydroxylation is 1. The summed E-state index contributed by atoms with van der Waals surface area (Å²) < 4.78 is 5.19. The van der Waals surface area contributed by atoms with Gasteiger partial charge in [-0.15, -0.1) is 0 Å². The number of ether oxygens (including phenoxy) is 1. The van der Waals surface area contributed by atoms with E-state index in [1.54, 1.807) is 0 Å². The molecule has 1 atom stereocenters. The van der Waals surface area contributed by atoms with Crippen LogP contribution >= 0.6 is 12.6 Å². The predicted octanol–water partition coefficient (Wildman–Crippen LogP) is 3.72. The van der Waals surface area contributed by atoms with Crippen LogP contribution in [-0.2, 0) is 17.8 Å². The van der Waals surface area contributed by atoms with Gasteiger partial charge in [0.05, 0.1) is 5.37 Å². The lowest BCUT2D eigenvalue weighted by Crippen LogP contribution is -2.32. The maximum absolute atomic E-state index is 11.7. The molecule has 0 heterocycles. The Morgan fingerprint density at radius 2 is 1.86 bits per heavy atom. The molecule has 3 nitrogen and oxygen atoms in total. The highest BCUT2D eigenvalue weighted by Gasteiger charge is 2.09. The standard InChI is InChI=1S/C17H19NO2S/c1-13-6-5-9-15(10-13)12-20-17(19)18-16(21)11-14-7-3-2-4-8-14/h2-10,16,21H,11-12H2,1H3,(H,18,19). The fourth-order valence-corrected chi connectivity index (χ4v) is 2.33. The van der Waals surface area contributed by atoms with Gasteiger partial charge in [0.1, 0.15) is 6.61 Å². The first-order chi connectivity index (χ1) is 10.1. The van der Waals surface area contributed by atoms with Crippen LogP contribution in [0.2, 0.25) is 0 Å². The maximum atomic E-state index is 11.7. The lowest BCUT2D eigenvalue weighted by Gasteiger charge is -2.13. The second kappa shape index (κ2) is 7.74. The Hall–Kier alpha value is -1.94. The third-order valence-corrected chi connectivity index (χ3v) is 3.32. The SMILES string of the molecule is Cc1cccc(COC(=O)NC(S)Cc2ccccc2)c1. The quantitative estimate of drug-likeness (QED) is 0.652. The van der Waals surface area contributed by atoms with Crippen molar-refractivity contribution in [1.82, 2.24) is 5.32 Å². The van der Waals surface area contributed by atoms with Crippen LogP contribution < -0.4 is 5.32 Å². The van der Waals surface area contributed by atoms with Gasteiger partial charge in [-0.3, -0.25) is 0 Å². The lowest BCUT2D eigenvalue weighted by atomic mass is 10.1. The van der Waals surface area contributed by atoms with Gasteiger partial charge in [0, 0.05) is 6.42 Å². The molecule has 2 rings (SSSR count). The van der Waals surface area contributed by atoms with E-state index in [0.29, 0.717) is 6.42 Å². The average Bonchev–Trinajstić information content (AvgIpc) is 2.46. The molecule has 21 heavy (non-hydrogen) atoms. The van der Waals surface area contributed by atoms with Crippen LogP contribution in [0.1, 0.15) is 16.7 Å². The van der Waals surface area contributed by atoms with E-state index in [1.807, 2.05) is 61.5 Å². The first-order valence-electron chi connectivity index (χ1n) is 6.84. The number of nitrogens with one attached hydrogen (secondary N) is 1. The smallest absolute Gasteiger partial charge is 0.408 e. The van der Waals surface area contributed by atoms with Gasteiger partial charge < -0.3 is 10.1 Å². The lowest BCUT2D eigenvalue weighted by molar-refractivity contribution is 0.139. The number of rotatable bonds is 5. The Morgan fingerprint density at radius 1 is 1.14 bits per heavy atom. The van der Waals surface area contributed by atoms with Crippen LogP contribution in [0.15, 0.2) is 54.6 Å². The van der Waals surface area contributed by atoms with Crippen molar-refractivity contribution in [3.63, 3.8) is 0 Å². The molecule has 1 N–H and O–H groups in total. The molecule has 1 amide bonds. The Bertz CT molecular complexity index is 586. The van der Waals surface area contributed by atoms with Crippen molar-refractivity contribution in [3.8, 4) is 0 Å². The van der Waals surface area contributed by atoms with Crippen molar-refractivity contribution in [2.75, 3.05) is 0 Å². The fraction of sp³-hybridized carbons (Fsp3) is 0.235. The van der Waals surface area contributed by atoms with Gasteiger partial charge in [0.2, 0.25) is 0 Å². The molecule has 0 bridgehead atoms. The molecule has 0 aliphatic heterocycles. The predicted molar refractivity (Wildman–Crippen MR) is 87.4 cm³/mol. The van der Waals surface area contributed by atoms with E-state index in [1.165, 1.54) is 0 Å². The Morgan fingerprint density at radius 3 is 2.57 bits per heavy atom. The molecule has 0 saturated carbocycles. The highest BCUT2D eigenvalue weighted by Crippen LogP contribution is 2.07. The van der Waals surface area contributed by atoms with Gasteiger partial charge in [-0.1, -0.05) is 60.2 Å². The summed E-state index contributed by atoms with van der Waals surface area (Å²) in [7, 11) is 0. The van der Waals surface area contributed by atoms with Crippen molar-refractivity contribution in [2.45, 2.75) is 25.3 Å². The molecule has 2 aromatic rings. The van der Waals surface area contributed by atoms with E-state index < -0.39 is 6.09 Å². The van der Waals surface area contributed by atoms with Crippen molar-refractivity contribution >= 4 is 18.7 Å². The van der Waals surface area contributed by atoms with Gasteiger partial charge in [-0.05, 0) is 18.1 Å².